The Morgan fingerprint density at radius 2 is 1.29 bits per heavy atom. The molecule has 0 N–H and O–H groups in total. The number of rotatable bonds is 7. The van der Waals surface area contributed by atoms with E-state index in [2.05, 4.69) is 0 Å². The van der Waals surface area contributed by atoms with Crippen molar-refractivity contribution >= 4 is 82.4 Å². The summed E-state index contributed by atoms with van der Waals surface area (Å²) < 4.78 is 24.1. The average molecular weight is 724 g/mol. The average Bonchev–Trinajstić information content (AvgIpc) is 3.49. The highest BCUT2D eigenvalue weighted by Crippen LogP contribution is 2.71. The third-order valence-corrected chi connectivity index (χ3v) is 12.7. The fraction of sp³-hybridized carbons (Fsp3) is 0.286. The highest BCUT2D eigenvalue weighted by atomic mass is 32.2. The third-order valence-electron chi connectivity index (χ3n) is 8.05. The Kier molecular flexibility index (Phi) is 10.1. The van der Waals surface area contributed by atoms with E-state index in [9.17, 15) is 24.0 Å². The Balaban J connectivity index is 1.80. The summed E-state index contributed by atoms with van der Waals surface area (Å²) >= 11 is 2.74. The molecule has 49 heavy (non-hydrogen) atoms. The van der Waals surface area contributed by atoms with Crippen molar-refractivity contribution in [1.82, 2.24) is 0 Å². The summed E-state index contributed by atoms with van der Waals surface area (Å²) in [5.74, 6) is -3.06. The summed E-state index contributed by atoms with van der Waals surface area (Å²) in [6.07, 6.45) is 3.16. The van der Waals surface area contributed by atoms with Crippen LogP contribution in [0.2, 0.25) is 0 Å². The molecule has 0 fully saturated rings. The van der Waals surface area contributed by atoms with Gasteiger partial charge in [-0.3, -0.25) is 9.69 Å². The molecular formula is C35H33NO10S3. The zero-order valence-corrected chi connectivity index (χ0v) is 30.4. The lowest BCUT2D eigenvalue weighted by Gasteiger charge is -2.50. The van der Waals surface area contributed by atoms with Crippen LogP contribution in [0.5, 0.6) is 5.75 Å². The van der Waals surface area contributed by atoms with E-state index in [1.54, 1.807) is 30.2 Å². The van der Waals surface area contributed by atoms with Gasteiger partial charge in [0.2, 0.25) is 0 Å². The number of carbonyl (C=O) groups is 5. The zero-order valence-electron chi connectivity index (χ0n) is 28.0. The maximum absolute atomic E-state index is 14.3. The lowest BCUT2D eigenvalue weighted by molar-refractivity contribution is -0.138. The first-order valence-electron chi connectivity index (χ1n) is 14.7. The molecule has 0 atom stereocenters. The topological polar surface area (TPSA) is 135 Å². The molecule has 2 aromatic carbocycles. The first kappa shape index (κ1) is 35.9. The fourth-order valence-electron chi connectivity index (χ4n) is 5.78. The van der Waals surface area contributed by atoms with Crippen LogP contribution in [-0.4, -0.2) is 75.0 Å². The van der Waals surface area contributed by atoms with E-state index in [1.165, 1.54) is 34.5 Å². The summed E-state index contributed by atoms with van der Waals surface area (Å²) in [5, 5.41) is 0. The maximum atomic E-state index is 14.3. The Labute approximate surface area is 296 Å². The lowest BCUT2D eigenvalue weighted by atomic mass is 9.83. The summed E-state index contributed by atoms with van der Waals surface area (Å²) in [4.78, 5) is 69.8. The van der Waals surface area contributed by atoms with E-state index in [0.29, 0.717) is 27.5 Å². The van der Waals surface area contributed by atoms with E-state index in [4.69, 9.17) is 23.7 Å². The quantitative estimate of drug-likeness (QED) is 0.199. The molecule has 0 aliphatic carbocycles. The predicted molar refractivity (Wildman–Crippen MR) is 189 cm³/mol. The molecule has 14 heteroatoms. The lowest BCUT2D eigenvalue weighted by Crippen LogP contribution is -2.53. The number of nitrogens with zero attached hydrogens (tertiary/aromatic N) is 1. The number of anilines is 1. The second-order valence-electron chi connectivity index (χ2n) is 11.3. The maximum Gasteiger partial charge on any atom is 0.345 e. The van der Waals surface area contributed by atoms with E-state index in [1.807, 2.05) is 51.1 Å². The van der Waals surface area contributed by atoms with Crippen LogP contribution in [0.1, 0.15) is 30.5 Å². The highest BCUT2D eigenvalue weighted by Gasteiger charge is 2.61. The van der Waals surface area contributed by atoms with Gasteiger partial charge >= 0.3 is 23.9 Å². The van der Waals surface area contributed by atoms with Crippen molar-refractivity contribution < 1.29 is 47.7 Å². The van der Waals surface area contributed by atoms with Gasteiger partial charge in [-0.15, -0.1) is 0 Å². The van der Waals surface area contributed by atoms with Crippen molar-refractivity contribution in [2.75, 3.05) is 40.4 Å². The normalized spacial score (nSPS) is 17.5. The molecule has 0 bridgehead atoms. The van der Waals surface area contributed by atoms with Gasteiger partial charge in [0.25, 0.3) is 5.91 Å². The summed E-state index contributed by atoms with van der Waals surface area (Å²) in [7, 11) is 6.26. The van der Waals surface area contributed by atoms with Gasteiger partial charge in [-0.25, -0.2) is 19.2 Å². The molecule has 3 aliphatic rings. The van der Waals surface area contributed by atoms with Crippen LogP contribution in [0.3, 0.4) is 0 Å². The molecule has 1 amide bonds. The van der Waals surface area contributed by atoms with Crippen molar-refractivity contribution in [2.45, 2.75) is 30.4 Å². The zero-order chi connectivity index (χ0) is 35.8. The van der Waals surface area contributed by atoms with Crippen LogP contribution in [0.4, 0.5) is 5.69 Å². The Morgan fingerprint density at radius 3 is 1.82 bits per heavy atom. The van der Waals surface area contributed by atoms with Crippen molar-refractivity contribution in [3.63, 3.8) is 0 Å². The molecule has 3 heterocycles. The van der Waals surface area contributed by atoms with Crippen molar-refractivity contribution in [2.24, 2.45) is 0 Å². The van der Waals surface area contributed by atoms with Gasteiger partial charge in [0, 0.05) is 22.1 Å². The van der Waals surface area contributed by atoms with Crippen LogP contribution < -0.4 is 9.64 Å². The number of hydrogen-bond acceptors (Lipinski definition) is 13. The number of carbonyl (C=O) groups excluding carboxylic acids is 5. The molecular weight excluding hydrogens is 691 g/mol. The first-order valence-corrected chi connectivity index (χ1v) is 17.1. The molecule has 5 rings (SSSR count). The molecule has 0 unspecified atom stereocenters. The van der Waals surface area contributed by atoms with Gasteiger partial charge in [-0.1, -0.05) is 59.0 Å². The number of benzene rings is 2. The summed E-state index contributed by atoms with van der Waals surface area (Å²) in [6, 6.07) is 12.8. The van der Waals surface area contributed by atoms with Crippen molar-refractivity contribution in [1.29, 1.82) is 0 Å². The van der Waals surface area contributed by atoms with E-state index in [0.717, 1.165) is 46.4 Å². The molecule has 0 aromatic heterocycles. The number of esters is 4. The Bertz CT molecular complexity index is 1880. The van der Waals surface area contributed by atoms with Gasteiger partial charge in [0.05, 0.1) is 52.3 Å². The minimum atomic E-state index is -1.65. The number of amides is 1. The molecule has 0 saturated carbocycles. The largest absolute Gasteiger partial charge is 0.497 e. The van der Waals surface area contributed by atoms with Crippen LogP contribution in [-0.2, 0) is 42.9 Å². The van der Waals surface area contributed by atoms with Crippen LogP contribution in [0, 0.1) is 6.92 Å². The molecule has 256 valence electrons. The number of hydrogen-bond donors (Lipinski definition) is 0. The van der Waals surface area contributed by atoms with Crippen LogP contribution >= 0.6 is 35.3 Å². The standard InChI is InChI=1S/C35H33NO10S3/c1-18-9-15-22-21(17-18)24-29(34(2,3)36(22)23(37)16-12-19-10-13-20(42-4)14-11-19)47-26(31(39)44-6)25(30(38)43-5)35(24)48-27(32(40)45-7)28(49-35)33(41)46-8/h9-17H,1-8H3/b16-12-. The SMILES string of the molecule is COC(=O)C1=C(C(=O)OC)SC2(S1)C(C(=O)OC)=C(C(=O)OC)SC1=C2c2cc(C)ccc2N(C(=O)/C=C\c2ccc(OC)cc2)C1(C)C. The second-order valence-corrected chi connectivity index (χ2v) is 15.0. The molecule has 3 aliphatic heterocycles. The molecule has 1 spiro atoms. The van der Waals surface area contributed by atoms with Gasteiger partial charge in [0.1, 0.15) is 24.5 Å². The van der Waals surface area contributed by atoms with Gasteiger partial charge < -0.3 is 23.7 Å². The van der Waals surface area contributed by atoms with Crippen molar-refractivity contribution in [3.05, 3.63) is 90.4 Å². The van der Waals surface area contributed by atoms with E-state index in [-0.39, 0.29) is 26.2 Å². The van der Waals surface area contributed by atoms with E-state index >= 15 is 0 Å². The molecule has 11 nitrogen and oxygen atoms in total. The van der Waals surface area contributed by atoms with Crippen molar-refractivity contribution in [3.8, 4) is 5.75 Å². The highest BCUT2D eigenvalue weighted by molar-refractivity contribution is 8.26. The smallest absolute Gasteiger partial charge is 0.345 e. The second kappa shape index (κ2) is 13.8. The van der Waals surface area contributed by atoms with Gasteiger partial charge in [-0.2, -0.15) is 0 Å². The molecule has 0 radical (unpaired) electrons. The van der Waals surface area contributed by atoms with Crippen LogP contribution in [0.15, 0.2) is 73.7 Å². The number of ether oxygens (including phenoxy) is 5. The summed E-state index contributed by atoms with van der Waals surface area (Å²) in [6.45, 7) is 5.52. The number of thioether (sulfide) groups is 3. The number of aryl methyl sites for hydroxylation is 1. The number of fused-ring (bicyclic) bond motifs is 3. The van der Waals surface area contributed by atoms with Gasteiger partial charge in [0.15, 0.2) is 0 Å². The minimum Gasteiger partial charge on any atom is -0.497 e. The third kappa shape index (κ3) is 6.06. The first-order chi connectivity index (χ1) is 23.3. The fourth-order valence-corrected chi connectivity index (χ4v) is 10.8. The van der Waals surface area contributed by atoms with E-state index < -0.39 is 33.5 Å². The molecule has 2 aromatic rings. The minimum absolute atomic E-state index is 0.114. The number of methoxy groups -OCH3 is 5. The summed E-state index contributed by atoms with van der Waals surface area (Å²) in [5.41, 5.74) is 1.88. The van der Waals surface area contributed by atoms with Crippen LogP contribution in [0.25, 0.3) is 11.6 Å². The Morgan fingerprint density at radius 1 is 0.735 bits per heavy atom. The van der Waals surface area contributed by atoms with Gasteiger partial charge in [-0.05, 0) is 56.7 Å². The monoisotopic (exact) mass is 723 g/mol. The predicted octanol–water partition coefficient (Wildman–Crippen LogP) is 5.63. The Hall–Kier alpha value is -4.40. The molecule has 0 saturated heterocycles.